The van der Waals surface area contributed by atoms with Gasteiger partial charge in [0.25, 0.3) is 0 Å². The van der Waals surface area contributed by atoms with E-state index >= 15 is 0 Å². The fourth-order valence-corrected chi connectivity index (χ4v) is 4.66. The molecule has 0 aliphatic carbocycles. The lowest BCUT2D eigenvalue weighted by Gasteiger charge is -2.29. The van der Waals surface area contributed by atoms with Crippen LogP contribution in [0.5, 0.6) is 0 Å². The molecule has 1 aromatic heterocycles. The normalized spacial score (nSPS) is 19.1. The van der Waals surface area contributed by atoms with E-state index in [0.717, 1.165) is 19.3 Å². The molecule has 2 heterocycles. The summed E-state index contributed by atoms with van der Waals surface area (Å²) >= 11 is 5.77. The quantitative estimate of drug-likeness (QED) is 0.729. The number of amides is 1. The molecule has 140 valence electrons. The summed E-state index contributed by atoms with van der Waals surface area (Å²) in [6.45, 7) is 5.11. The number of aromatic nitrogens is 1. The van der Waals surface area contributed by atoms with E-state index in [9.17, 15) is 13.2 Å². The highest BCUT2D eigenvalue weighted by Gasteiger charge is 2.36. The van der Waals surface area contributed by atoms with Gasteiger partial charge in [0, 0.05) is 19.3 Å². The van der Waals surface area contributed by atoms with Crippen molar-refractivity contribution >= 4 is 27.5 Å². The molecular formula is C17H26ClN3O3S. The number of nitrogens with zero attached hydrogens (tertiary/aromatic N) is 2. The molecule has 25 heavy (non-hydrogen) atoms. The van der Waals surface area contributed by atoms with Crippen LogP contribution in [0.3, 0.4) is 0 Å². The molecule has 1 aromatic rings. The minimum Gasteiger partial charge on any atom is -0.355 e. The van der Waals surface area contributed by atoms with Crippen molar-refractivity contribution in [3.05, 3.63) is 23.5 Å². The molecule has 1 fully saturated rings. The van der Waals surface area contributed by atoms with E-state index < -0.39 is 16.1 Å². The van der Waals surface area contributed by atoms with Crippen molar-refractivity contribution in [1.82, 2.24) is 14.6 Å². The van der Waals surface area contributed by atoms with Crippen LogP contribution in [-0.2, 0) is 14.8 Å². The first kappa shape index (κ1) is 20.1. The van der Waals surface area contributed by atoms with Gasteiger partial charge in [-0.2, -0.15) is 4.31 Å². The summed E-state index contributed by atoms with van der Waals surface area (Å²) in [6.07, 6.45) is 5.08. The Morgan fingerprint density at radius 1 is 1.36 bits per heavy atom. The Bertz CT molecular complexity index is 677. The van der Waals surface area contributed by atoms with Gasteiger partial charge < -0.3 is 5.32 Å². The Labute approximate surface area is 155 Å². The molecule has 0 bridgehead atoms. The van der Waals surface area contributed by atoms with E-state index in [1.807, 2.05) is 0 Å². The number of rotatable bonds is 7. The van der Waals surface area contributed by atoms with Crippen LogP contribution in [0.15, 0.2) is 23.2 Å². The van der Waals surface area contributed by atoms with E-state index in [1.54, 1.807) is 0 Å². The lowest BCUT2D eigenvalue weighted by atomic mass is 10.1. The number of carbonyl (C=O) groups excluding carboxylic acids is 1. The van der Waals surface area contributed by atoms with Gasteiger partial charge in [-0.15, -0.1) is 0 Å². The minimum atomic E-state index is -3.81. The number of hydrogen-bond acceptors (Lipinski definition) is 4. The number of nitrogens with one attached hydrogen (secondary N) is 1. The van der Waals surface area contributed by atoms with Gasteiger partial charge in [-0.25, -0.2) is 13.4 Å². The molecule has 1 saturated heterocycles. The van der Waals surface area contributed by atoms with Crippen molar-refractivity contribution < 1.29 is 13.2 Å². The number of pyridine rings is 1. The Morgan fingerprint density at radius 3 is 2.76 bits per heavy atom. The van der Waals surface area contributed by atoms with Crippen molar-refractivity contribution in [1.29, 1.82) is 0 Å². The number of hydrogen-bond donors (Lipinski definition) is 1. The first-order valence-corrected chi connectivity index (χ1v) is 10.6. The second-order valence-electron chi connectivity index (χ2n) is 6.77. The molecule has 1 amide bonds. The summed E-state index contributed by atoms with van der Waals surface area (Å²) in [7, 11) is -3.81. The van der Waals surface area contributed by atoms with Crippen LogP contribution in [0.2, 0.25) is 5.15 Å². The lowest BCUT2D eigenvalue weighted by Crippen LogP contribution is -2.49. The van der Waals surface area contributed by atoms with Gasteiger partial charge in [0.15, 0.2) is 0 Å². The van der Waals surface area contributed by atoms with Crippen LogP contribution >= 0.6 is 11.6 Å². The highest BCUT2D eigenvalue weighted by atomic mass is 35.5. The SMILES string of the molecule is CC(C)CCCN([C@@H]1CCCCNC1=O)S(=O)(=O)c1ccc(Cl)nc1. The van der Waals surface area contributed by atoms with Gasteiger partial charge in [-0.3, -0.25) is 4.79 Å². The maximum atomic E-state index is 13.1. The van der Waals surface area contributed by atoms with E-state index in [1.165, 1.54) is 22.6 Å². The van der Waals surface area contributed by atoms with Crippen molar-refractivity contribution in [2.24, 2.45) is 5.92 Å². The van der Waals surface area contributed by atoms with Crippen LogP contribution in [0.1, 0.15) is 46.0 Å². The van der Waals surface area contributed by atoms with Crippen LogP contribution in [0, 0.1) is 5.92 Å². The summed E-state index contributed by atoms with van der Waals surface area (Å²) in [5, 5.41) is 3.06. The third kappa shape index (κ3) is 5.39. The molecule has 0 radical (unpaired) electrons. The molecule has 1 aliphatic heterocycles. The monoisotopic (exact) mass is 387 g/mol. The average Bonchev–Trinajstić information content (AvgIpc) is 2.76. The zero-order valence-corrected chi connectivity index (χ0v) is 16.3. The first-order valence-electron chi connectivity index (χ1n) is 8.73. The van der Waals surface area contributed by atoms with Gasteiger partial charge in [0.1, 0.15) is 16.1 Å². The summed E-state index contributed by atoms with van der Waals surface area (Å²) in [4.78, 5) is 16.4. The third-order valence-electron chi connectivity index (χ3n) is 4.32. The Morgan fingerprint density at radius 2 is 2.12 bits per heavy atom. The molecule has 0 spiro atoms. The second kappa shape index (κ2) is 8.96. The summed E-state index contributed by atoms with van der Waals surface area (Å²) in [6, 6.07) is 2.22. The van der Waals surface area contributed by atoms with E-state index in [0.29, 0.717) is 31.8 Å². The molecule has 1 atom stereocenters. The zero-order valence-electron chi connectivity index (χ0n) is 14.7. The molecule has 0 aromatic carbocycles. The topological polar surface area (TPSA) is 79.4 Å². The van der Waals surface area contributed by atoms with Crippen molar-refractivity contribution in [3.8, 4) is 0 Å². The Balaban J connectivity index is 2.31. The maximum absolute atomic E-state index is 13.1. The largest absolute Gasteiger partial charge is 0.355 e. The van der Waals surface area contributed by atoms with Crippen LogP contribution in [0.25, 0.3) is 0 Å². The van der Waals surface area contributed by atoms with Gasteiger partial charge >= 0.3 is 0 Å². The Kier molecular flexibility index (Phi) is 7.22. The predicted molar refractivity (Wildman–Crippen MR) is 97.9 cm³/mol. The third-order valence-corrected chi connectivity index (χ3v) is 6.44. The number of sulfonamides is 1. The maximum Gasteiger partial charge on any atom is 0.245 e. The average molecular weight is 388 g/mol. The molecule has 0 unspecified atom stereocenters. The summed E-state index contributed by atoms with van der Waals surface area (Å²) < 4.78 is 27.6. The summed E-state index contributed by atoms with van der Waals surface area (Å²) in [5.74, 6) is 0.261. The second-order valence-corrected chi connectivity index (χ2v) is 9.05. The molecule has 8 heteroatoms. The van der Waals surface area contributed by atoms with Crippen molar-refractivity contribution in [3.63, 3.8) is 0 Å². The van der Waals surface area contributed by atoms with E-state index in [4.69, 9.17) is 11.6 Å². The minimum absolute atomic E-state index is 0.0680. The molecule has 1 N–H and O–H groups in total. The lowest BCUT2D eigenvalue weighted by molar-refractivity contribution is -0.124. The van der Waals surface area contributed by atoms with Crippen LogP contribution in [-0.4, -0.2) is 42.7 Å². The molecule has 0 saturated carbocycles. The van der Waals surface area contributed by atoms with Gasteiger partial charge in [0.2, 0.25) is 15.9 Å². The van der Waals surface area contributed by atoms with Gasteiger partial charge in [-0.1, -0.05) is 25.4 Å². The van der Waals surface area contributed by atoms with Gasteiger partial charge in [0.05, 0.1) is 0 Å². The molecular weight excluding hydrogens is 362 g/mol. The fraction of sp³-hybridized carbons (Fsp3) is 0.647. The summed E-state index contributed by atoms with van der Waals surface area (Å²) in [5.41, 5.74) is 0. The van der Waals surface area contributed by atoms with Crippen LogP contribution < -0.4 is 5.32 Å². The molecule has 1 aliphatic rings. The smallest absolute Gasteiger partial charge is 0.245 e. The highest BCUT2D eigenvalue weighted by molar-refractivity contribution is 7.89. The van der Waals surface area contributed by atoms with Crippen molar-refractivity contribution in [2.75, 3.05) is 13.1 Å². The predicted octanol–water partition coefficient (Wildman–Crippen LogP) is 2.83. The highest BCUT2D eigenvalue weighted by Crippen LogP contribution is 2.24. The van der Waals surface area contributed by atoms with Gasteiger partial charge in [-0.05, 0) is 50.2 Å². The number of carbonyl (C=O) groups is 1. The number of halogens is 1. The van der Waals surface area contributed by atoms with E-state index in [2.05, 4.69) is 24.1 Å². The van der Waals surface area contributed by atoms with Crippen LogP contribution in [0.4, 0.5) is 0 Å². The van der Waals surface area contributed by atoms with E-state index in [-0.39, 0.29) is 16.0 Å². The standard InChI is InChI=1S/C17H26ClN3O3S/c1-13(2)6-5-11-21(15-7-3-4-10-19-17(15)22)25(23,24)14-8-9-16(18)20-12-14/h8-9,12-13,15H,3-7,10-11H2,1-2H3,(H,19,22)/t15-/m1/s1. The van der Waals surface area contributed by atoms with Crippen molar-refractivity contribution in [2.45, 2.75) is 56.9 Å². The molecule has 2 rings (SSSR count). The Hall–Kier alpha value is -1.18. The fourth-order valence-electron chi connectivity index (χ4n) is 2.95. The zero-order chi connectivity index (χ0) is 18.4. The molecule has 6 nitrogen and oxygen atoms in total. The first-order chi connectivity index (χ1) is 11.8.